The fourth-order valence-corrected chi connectivity index (χ4v) is 1.67. The molecule has 1 fully saturated rings. The molecule has 1 rings (SSSR count). The van der Waals surface area contributed by atoms with E-state index in [-0.39, 0.29) is 11.9 Å². The summed E-state index contributed by atoms with van der Waals surface area (Å²) in [6.07, 6.45) is 3.34. The number of rotatable bonds is 5. The van der Waals surface area contributed by atoms with Crippen LogP contribution in [0.25, 0.3) is 0 Å². The molecular formula is C11H22N2O. The Morgan fingerprint density at radius 2 is 2.07 bits per heavy atom. The molecule has 1 saturated carbocycles. The number of hydrogen-bond acceptors (Lipinski definition) is 2. The summed E-state index contributed by atoms with van der Waals surface area (Å²) in [5, 5.41) is 0. The van der Waals surface area contributed by atoms with E-state index in [9.17, 15) is 4.79 Å². The summed E-state index contributed by atoms with van der Waals surface area (Å²) < 4.78 is 0. The predicted octanol–water partition coefficient (Wildman–Crippen LogP) is 1.23. The van der Waals surface area contributed by atoms with Crippen LogP contribution < -0.4 is 5.73 Å². The monoisotopic (exact) mass is 198 g/mol. The molecule has 2 N–H and O–H groups in total. The first kappa shape index (κ1) is 11.5. The van der Waals surface area contributed by atoms with Crippen LogP contribution in [-0.4, -0.2) is 30.4 Å². The molecule has 0 unspecified atom stereocenters. The number of carbonyl (C=O) groups excluding carboxylic acids is 1. The van der Waals surface area contributed by atoms with Gasteiger partial charge in [0, 0.05) is 13.6 Å². The van der Waals surface area contributed by atoms with Crippen molar-refractivity contribution in [2.45, 2.75) is 39.2 Å². The maximum Gasteiger partial charge on any atom is 0.239 e. The van der Waals surface area contributed by atoms with E-state index in [2.05, 4.69) is 13.8 Å². The minimum Gasteiger partial charge on any atom is -0.344 e. The third kappa shape index (κ3) is 3.66. The van der Waals surface area contributed by atoms with Crippen molar-refractivity contribution < 1.29 is 4.79 Å². The second-order valence-electron chi connectivity index (χ2n) is 4.90. The largest absolute Gasteiger partial charge is 0.344 e. The summed E-state index contributed by atoms with van der Waals surface area (Å²) in [4.78, 5) is 13.5. The van der Waals surface area contributed by atoms with Crippen LogP contribution in [0.2, 0.25) is 0 Å². The molecule has 0 heterocycles. The summed E-state index contributed by atoms with van der Waals surface area (Å²) >= 11 is 0. The van der Waals surface area contributed by atoms with Gasteiger partial charge in [0.2, 0.25) is 5.91 Å². The highest BCUT2D eigenvalue weighted by Crippen LogP contribution is 2.29. The Bertz CT molecular complexity index is 187. The minimum atomic E-state index is -0.307. The van der Waals surface area contributed by atoms with Gasteiger partial charge in [-0.3, -0.25) is 4.79 Å². The number of carbonyl (C=O) groups is 1. The zero-order valence-corrected chi connectivity index (χ0v) is 9.49. The topological polar surface area (TPSA) is 46.3 Å². The third-order valence-electron chi connectivity index (χ3n) is 2.65. The van der Waals surface area contributed by atoms with Crippen molar-refractivity contribution in [1.82, 2.24) is 4.90 Å². The lowest BCUT2D eigenvalue weighted by Gasteiger charge is -2.22. The average Bonchev–Trinajstić information content (AvgIpc) is 2.85. The second kappa shape index (κ2) is 4.78. The van der Waals surface area contributed by atoms with Crippen LogP contribution in [0.1, 0.15) is 33.1 Å². The maximum absolute atomic E-state index is 11.7. The van der Waals surface area contributed by atoms with Crippen LogP contribution in [0, 0.1) is 11.8 Å². The van der Waals surface area contributed by atoms with Gasteiger partial charge in [0.25, 0.3) is 0 Å². The Kier molecular flexibility index (Phi) is 3.93. The van der Waals surface area contributed by atoms with Crippen LogP contribution in [-0.2, 0) is 4.79 Å². The van der Waals surface area contributed by atoms with Gasteiger partial charge in [-0.15, -0.1) is 0 Å². The summed E-state index contributed by atoms with van der Waals surface area (Å²) in [5.41, 5.74) is 5.82. The molecule has 0 aromatic rings. The van der Waals surface area contributed by atoms with Gasteiger partial charge in [-0.1, -0.05) is 13.8 Å². The van der Waals surface area contributed by atoms with Crippen molar-refractivity contribution in [3.8, 4) is 0 Å². The van der Waals surface area contributed by atoms with Gasteiger partial charge < -0.3 is 10.6 Å². The van der Waals surface area contributed by atoms with Gasteiger partial charge in [0.1, 0.15) is 0 Å². The summed E-state index contributed by atoms with van der Waals surface area (Å²) in [6.45, 7) is 5.08. The zero-order valence-electron chi connectivity index (χ0n) is 9.49. The van der Waals surface area contributed by atoms with Gasteiger partial charge in [0.15, 0.2) is 0 Å². The van der Waals surface area contributed by atoms with Crippen LogP contribution in [0.5, 0.6) is 0 Å². The number of likely N-dealkylation sites (N-methyl/N-ethyl adjacent to an activating group) is 1. The maximum atomic E-state index is 11.7. The molecule has 0 saturated heterocycles. The van der Waals surface area contributed by atoms with Crippen LogP contribution in [0.4, 0.5) is 0 Å². The SMILES string of the molecule is CC(C)C[C@@H](N)C(=O)N(C)CC1CC1. The quantitative estimate of drug-likeness (QED) is 0.722. The molecule has 0 bridgehead atoms. The molecule has 82 valence electrons. The van der Waals surface area contributed by atoms with E-state index in [4.69, 9.17) is 5.73 Å². The number of amides is 1. The van der Waals surface area contributed by atoms with Gasteiger partial charge in [-0.05, 0) is 31.1 Å². The number of hydrogen-bond donors (Lipinski definition) is 1. The summed E-state index contributed by atoms with van der Waals surface area (Å²) in [6, 6.07) is -0.307. The average molecular weight is 198 g/mol. The first-order chi connectivity index (χ1) is 6.50. The van der Waals surface area contributed by atoms with Gasteiger partial charge in [0.05, 0.1) is 6.04 Å². The van der Waals surface area contributed by atoms with Gasteiger partial charge in [-0.25, -0.2) is 0 Å². The third-order valence-corrected chi connectivity index (χ3v) is 2.65. The Morgan fingerprint density at radius 1 is 1.50 bits per heavy atom. The Morgan fingerprint density at radius 3 is 2.50 bits per heavy atom. The first-order valence-electron chi connectivity index (χ1n) is 5.51. The molecule has 0 aliphatic heterocycles. The lowest BCUT2D eigenvalue weighted by Crippen LogP contribution is -2.43. The zero-order chi connectivity index (χ0) is 10.7. The lowest BCUT2D eigenvalue weighted by molar-refractivity contribution is -0.131. The molecule has 1 amide bonds. The standard InChI is InChI=1S/C11H22N2O/c1-8(2)6-10(12)11(14)13(3)7-9-4-5-9/h8-10H,4-7,12H2,1-3H3/t10-/m1/s1. The molecule has 0 radical (unpaired) electrons. The highest BCUT2D eigenvalue weighted by Gasteiger charge is 2.26. The normalized spacial score (nSPS) is 18.4. The van der Waals surface area contributed by atoms with E-state index in [0.29, 0.717) is 5.92 Å². The van der Waals surface area contributed by atoms with Crippen molar-refractivity contribution in [1.29, 1.82) is 0 Å². The van der Waals surface area contributed by atoms with E-state index in [1.165, 1.54) is 12.8 Å². The van der Waals surface area contributed by atoms with Crippen LogP contribution in [0.15, 0.2) is 0 Å². The van der Waals surface area contributed by atoms with E-state index in [1.807, 2.05) is 7.05 Å². The molecule has 1 aliphatic carbocycles. The number of nitrogens with zero attached hydrogens (tertiary/aromatic N) is 1. The molecule has 0 aromatic carbocycles. The molecule has 0 aromatic heterocycles. The highest BCUT2D eigenvalue weighted by atomic mass is 16.2. The van der Waals surface area contributed by atoms with Crippen molar-refractivity contribution in [2.75, 3.05) is 13.6 Å². The Hall–Kier alpha value is -0.570. The molecular weight excluding hydrogens is 176 g/mol. The molecule has 3 heteroatoms. The van der Waals surface area contributed by atoms with E-state index < -0.39 is 0 Å². The fraction of sp³-hybridized carbons (Fsp3) is 0.909. The van der Waals surface area contributed by atoms with E-state index in [1.54, 1.807) is 4.90 Å². The Balaban J connectivity index is 2.29. The molecule has 14 heavy (non-hydrogen) atoms. The van der Waals surface area contributed by atoms with E-state index >= 15 is 0 Å². The molecule has 1 atom stereocenters. The molecule has 0 spiro atoms. The fourth-order valence-electron chi connectivity index (χ4n) is 1.67. The van der Waals surface area contributed by atoms with Crippen molar-refractivity contribution in [3.05, 3.63) is 0 Å². The number of nitrogens with two attached hydrogens (primary N) is 1. The van der Waals surface area contributed by atoms with Gasteiger partial charge in [-0.2, -0.15) is 0 Å². The predicted molar refractivity (Wildman–Crippen MR) is 57.8 cm³/mol. The lowest BCUT2D eigenvalue weighted by atomic mass is 10.0. The smallest absolute Gasteiger partial charge is 0.239 e. The van der Waals surface area contributed by atoms with E-state index in [0.717, 1.165) is 18.9 Å². The van der Waals surface area contributed by atoms with Crippen LogP contribution in [0.3, 0.4) is 0 Å². The molecule has 1 aliphatic rings. The van der Waals surface area contributed by atoms with Crippen molar-refractivity contribution in [3.63, 3.8) is 0 Å². The van der Waals surface area contributed by atoms with Crippen molar-refractivity contribution in [2.24, 2.45) is 17.6 Å². The summed E-state index contributed by atoms with van der Waals surface area (Å²) in [7, 11) is 1.86. The second-order valence-corrected chi connectivity index (χ2v) is 4.90. The van der Waals surface area contributed by atoms with Crippen LogP contribution >= 0.6 is 0 Å². The van der Waals surface area contributed by atoms with Gasteiger partial charge >= 0.3 is 0 Å². The van der Waals surface area contributed by atoms with Crippen molar-refractivity contribution >= 4 is 5.91 Å². The summed E-state index contributed by atoms with van der Waals surface area (Å²) in [5.74, 6) is 1.34. The minimum absolute atomic E-state index is 0.102. The first-order valence-corrected chi connectivity index (χ1v) is 5.51. The Labute approximate surface area is 86.6 Å². The highest BCUT2D eigenvalue weighted by molar-refractivity contribution is 5.81. The molecule has 3 nitrogen and oxygen atoms in total.